The molecule has 0 spiro atoms. The summed E-state index contributed by atoms with van der Waals surface area (Å²) in [5.74, 6) is 0.511. The Balaban J connectivity index is 1.73. The summed E-state index contributed by atoms with van der Waals surface area (Å²) in [5.41, 5.74) is 0.493. The number of carbonyl (C=O) groups is 1. The van der Waals surface area contributed by atoms with Gasteiger partial charge in [0.15, 0.2) is 6.61 Å². The van der Waals surface area contributed by atoms with E-state index in [4.69, 9.17) is 4.74 Å². The van der Waals surface area contributed by atoms with Gasteiger partial charge in [-0.25, -0.2) is 4.98 Å². The lowest BCUT2D eigenvalue weighted by Gasteiger charge is -2.33. The largest absolute Gasteiger partial charge is 0.484 e. The highest BCUT2D eigenvalue weighted by Crippen LogP contribution is 2.19. The maximum absolute atomic E-state index is 12.3. The standard InChI is InChI=1S/C17H21N3O3/c1-12-5-3-4-8-20(12)16(21)10-23-13-6-7-15-14(9-13)17(22)19(2)11-18-15/h6-7,9,11-12H,3-5,8,10H2,1-2H3/t12-/m0/s1. The molecule has 6 heteroatoms. The molecule has 122 valence electrons. The molecule has 6 nitrogen and oxygen atoms in total. The summed E-state index contributed by atoms with van der Waals surface area (Å²) in [6.07, 6.45) is 4.76. The van der Waals surface area contributed by atoms with Crippen LogP contribution in [-0.2, 0) is 11.8 Å². The summed E-state index contributed by atoms with van der Waals surface area (Å²) >= 11 is 0. The van der Waals surface area contributed by atoms with Crippen molar-refractivity contribution in [2.45, 2.75) is 32.2 Å². The first kappa shape index (κ1) is 15.5. The maximum atomic E-state index is 12.3. The van der Waals surface area contributed by atoms with Crippen molar-refractivity contribution in [3.05, 3.63) is 34.9 Å². The molecule has 1 atom stereocenters. The lowest BCUT2D eigenvalue weighted by Crippen LogP contribution is -2.44. The Morgan fingerprint density at radius 1 is 1.39 bits per heavy atom. The Labute approximate surface area is 134 Å². The number of fused-ring (bicyclic) bond motifs is 1. The number of amides is 1. The van der Waals surface area contributed by atoms with Crippen molar-refractivity contribution < 1.29 is 9.53 Å². The Morgan fingerprint density at radius 3 is 3.00 bits per heavy atom. The van der Waals surface area contributed by atoms with Crippen LogP contribution in [0, 0.1) is 0 Å². The van der Waals surface area contributed by atoms with Gasteiger partial charge >= 0.3 is 0 Å². The van der Waals surface area contributed by atoms with E-state index in [-0.39, 0.29) is 24.1 Å². The number of aromatic nitrogens is 2. The first-order valence-electron chi connectivity index (χ1n) is 7.94. The molecule has 1 aliphatic rings. The van der Waals surface area contributed by atoms with Crippen molar-refractivity contribution in [1.29, 1.82) is 0 Å². The Bertz CT molecular complexity index is 784. The Hall–Kier alpha value is -2.37. The van der Waals surface area contributed by atoms with E-state index in [1.54, 1.807) is 25.2 Å². The van der Waals surface area contributed by atoms with Gasteiger partial charge in [0.05, 0.1) is 17.2 Å². The number of hydrogen-bond acceptors (Lipinski definition) is 4. The second-order valence-corrected chi connectivity index (χ2v) is 6.06. The molecular weight excluding hydrogens is 294 g/mol. The van der Waals surface area contributed by atoms with Crippen LogP contribution in [0.25, 0.3) is 10.9 Å². The minimum absolute atomic E-state index is 0.00335. The molecule has 3 rings (SSSR count). The molecule has 0 bridgehead atoms. The summed E-state index contributed by atoms with van der Waals surface area (Å²) in [4.78, 5) is 30.5. The minimum Gasteiger partial charge on any atom is -0.484 e. The fraction of sp³-hybridized carbons (Fsp3) is 0.471. The Morgan fingerprint density at radius 2 is 2.22 bits per heavy atom. The fourth-order valence-electron chi connectivity index (χ4n) is 2.98. The first-order chi connectivity index (χ1) is 11.1. The monoisotopic (exact) mass is 315 g/mol. The summed E-state index contributed by atoms with van der Waals surface area (Å²) in [6.45, 7) is 2.87. The van der Waals surface area contributed by atoms with Crippen LogP contribution in [0.2, 0.25) is 0 Å². The molecule has 0 radical (unpaired) electrons. The van der Waals surface area contributed by atoms with E-state index in [1.165, 1.54) is 17.3 Å². The highest BCUT2D eigenvalue weighted by molar-refractivity contribution is 5.80. The van der Waals surface area contributed by atoms with Crippen LogP contribution in [0.4, 0.5) is 0 Å². The third-order valence-corrected chi connectivity index (χ3v) is 4.37. The van der Waals surface area contributed by atoms with Gasteiger partial charge in [-0.2, -0.15) is 0 Å². The van der Waals surface area contributed by atoms with E-state index in [9.17, 15) is 9.59 Å². The summed E-state index contributed by atoms with van der Waals surface area (Å²) in [5, 5.41) is 0.492. The first-order valence-corrected chi connectivity index (χ1v) is 7.94. The van der Waals surface area contributed by atoms with Crippen LogP contribution in [-0.4, -0.2) is 39.6 Å². The lowest BCUT2D eigenvalue weighted by molar-refractivity contribution is -0.136. The molecule has 1 amide bonds. The molecule has 2 aromatic rings. The number of benzene rings is 1. The molecule has 23 heavy (non-hydrogen) atoms. The highest BCUT2D eigenvalue weighted by Gasteiger charge is 2.23. The van der Waals surface area contributed by atoms with Crippen molar-refractivity contribution in [3.8, 4) is 5.75 Å². The van der Waals surface area contributed by atoms with Crippen LogP contribution in [0.1, 0.15) is 26.2 Å². The molecule has 1 saturated heterocycles. The van der Waals surface area contributed by atoms with Crippen molar-refractivity contribution in [2.24, 2.45) is 7.05 Å². The molecule has 0 N–H and O–H groups in total. The number of carbonyl (C=O) groups excluding carboxylic acids is 1. The van der Waals surface area contributed by atoms with Gasteiger partial charge in [-0.1, -0.05) is 0 Å². The molecule has 1 aromatic carbocycles. The summed E-state index contributed by atoms with van der Waals surface area (Å²) in [7, 11) is 1.66. The molecule has 0 aliphatic carbocycles. The maximum Gasteiger partial charge on any atom is 0.261 e. The van der Waals surface area contributed by atoms with E-state index < -0.39 is 0 Å². The van der Waals surface area contributed by atoms with Crippen LogP contribution in [0.5, 0.6) is 5.75 Å². The van der Waals surface area contributed by atoms with E-state index in [2.05, 4.69) is 11.9 Å². The molecule has 0 unspecified atom stereocenters. The normalized spacial score (nSPS) is 18.2. The molecule has 1 aliphatic heterocycles. The Kier molecular flexibility index (Phi) is 4.32. The van der Waals surface area contributed by atoms with Crippen molar-refractivity contribution in [3.63, 3.8) is 0 Å². The summed E-state index contributed by atoms with van der Waals surface area (Å²) in [6, 6.07) is 5.40. The van der Waals surface area contributed by atoms with Gasteiger partial charge in [0.2, 0.25) is 0 Å². The number of piperidine rings is 1. The zero-order chi connectivity index (χ0) is 16.4. The van der Waals surface area contributed by atoms with Crippen molar-refractivity contribution >= 4 is 16.8 Å². The average Bonchev–Trinajstić information content (AvgIpc) is 2.56. The predicted octanol–water partition coefficient (Wildman–Crippen LogP) is 1.71. The lowest BCUT2D eigenvalue weighted by atomic mass is 10.0. The van der Waals surface area contributed by atoms with E-state index >= 15 is 0 Å². The molecule has 0 saturated carbocycles. The van der Waals surface area contributed by atoms with Crippen LogP contribution >= 0.6 is 0 Å². The molecule has 2 heterocycles. The van der Waals surface area contributed by atoms with Gasteiger partial charge < -0.3 is 14.2 Å². The smallest absolute Gasteiger partial charge is 0.261 e. The zero-order valence-corrected chi connectivity index (χ0v) is 13.5. The third kappa shape index (κ3) is 3.21. The average molecular weight is 315 g/mol. The van der Waals surface area contributed by atoms with E-state index in [0.717, 1.165) is 19.4 Å². The minimum atomic E-state index is -0.128. The van der Waals surface area contributed by atoms with E-state index in [0.29, 0.717) is 16.7 Å². The van der Waals surface area contributed by atoms with Gasteiger partial charge in [0.1, 0.15) is 5.75 Å². The summed E-state index contributed by atoms with van der Waals surface area (Å²) < 4.78 is 7.03. The predicted molar refractivity (Wildman–Crippen MR) is 87.5 cm³/mol. The fourth-order valence-corrected chi connectivity index (χ4v) is 2.98. The van der Waals surface area contributed by atoms with Gasteiger partial charge in [-0.15, -0.1) is 0 Å². The second-order valence-electron chi connectivity index (χ2n) is 6.06. The highest BCUT2D eigenvalue weighted by atomic mass is 16.5. The quantitative estimate of drug-likeness (QED) is 0.865. The number of aryl methyl sites for hydroxylation is 1. The number of nitrogens with zero attached hydrogens (tertiary/aromatic N) is 3. The van der Waals surface area contributed by atoms with Crippen LogP contribution in [0.3, 0.4) is 0 Å². The topological polar surface area (TPSA) is 64.4 Å². The van der Waals surface area contributed by atoms with Gasteiger partial charge in [0.25, 0.3) is 11.5 Å². The molecule has 1 aromatic heterocycles. The van der Waals surface area contributed by atoms with E-state index in [1.807, 2.05) is 4.90 Å². The number of rotatable bonds is 3. The number of likely N-dealkylation sites (tertiary alicyclic amines) is 1. The zero-order valence-electron chi connectivity index (χ0n) is 13.5. The van der Waals surface area contributed by atoms with Gasteiger partial charge in [0, 0.05) is 19.6 Å². The number of hydrogen-bond donors (Lipinski definition) is 0. The molecular formula is C17H21N3O3. The number of ether oxygens (including phenoxy) is 1. The van der Waals surface area contributed by atoms with Gasteiger partial charge in [-0.05, 0) is 44.4 Å². The van der Waals surface area contributed by atoms with Crippen LogP contribution < -0.4 is 10.3 Å². The SMILES string of the molecule is C[C@H]1CCCCN1C(=O)COc1ccc2ncn(C)c(=O)c2c1. The van der Waals surface area contributed by atoms with Crippen molar-refractivity contribution in [2.75, 3.05) is 13.2 Å². The van der Waals surface area contributed by atoms with Crippen LogP contribution in [0.15, 0.2) is 29.3 Å². The third-order valence-electron chi connectivity index (χ3n) is 4.37. The van der Waals surface area contributed by atoms with Crippen molar-refractivity contribution in [1.82, 2.24) is 14.5 Å². The van der Waals surface area contributed by atoms with Gasteiger partial charge in [-0.3, -0.25) is 9.59 Å². The molecule has 1 fully saturated rings. The second kappa shape index (κ2) is 6.40.